The highest BCUT2D eigenvalue weighted by molar-refractivity contribution is 9.10. The lowest BCUT2D eigenvalue weighted by atomic mass is 9.78. The Labute approximate surface area is 81.3 Å². The van der Waals surface area contributed by atoms with E-state index in [1.54, 1.807) is 0 Å². The first-order valence-electron chi connectivity index (χ1n) is 4.25. The predicted molar refractivity (Wildman–Crippen MR) is 54.5 cm³/mol. The van der Waals surface area contributed by atoms with Gasteiger partial charge in [0.05, 0.1) is 0 Å². The molecule has 1 N–H and O–H groups in total. The molecule has 1 aromatic rings. The number of hydrogen-bond donors (Lipinski definition) is 1. The van der Waals surface area contributed by atoms with Crippen LogP contribution in [0.25, 0.3) is 0 Å². The zero-order chi connectivity index (χ0) is 8.55. The molecule has 1 atom stereocenters. The molecule has 0 fully saturated rings. The highest BCUT2D eigenvalue weighted by atomic mass is 79.9. The van der Waals surface area contributed by atoms with Crippen LogP contribution in [0.5, 0.6) is 0 Å². The molecule has 0 aromatic heterocycles. The van der Waals surface area contributed by atoms with Crippen molar-refractivity contribution in [2.24, 2.45) is 0 Å². The second-order valence-corrected chi connectivity index (χ2v) is 4.12. The summed E-state index contributed by atoms with van der Waals surface area (Å²) in [6.45, 7) is 1.10. The van der Waals surface area contributed by atoms with E-state index in [0.717, 1.165) is 12.5 Å². The lowest BCUT2D eigenvalue weighted by molar-refractivity contribution is 0.566. The van der Waals surface area contributed by atoms with Gasteiger partial charge in [0.15, 0.2) is 0 Å². The first-order chi connectivity index (χ1) is 5.83. The third-order valence-corrected chi connectivity index (χ3v) is 3.24. The molecule has 0 aliphatic heterocycles. The lowest BCUT2D eigenvalue weighted by Crippen LogP contribution is -2.27. The molecular formula is C10H12BrN. The Morgan fingerprint density at radius 3 is 3.17 bits per heavy atom. The van der Waals surface area contributed by atoms with Crippen LogP contribution in [-0.2, 0) is 6.42 Å². The monoisotopic (exact) mass is 225 g/mol. The second-order valence-electron chi connectivity index (χ2n) is 3.27. The van der Waals surface area contributed by atoms with E-state index in [2.05, 4.69) is 39.4 Å². The van der Waals surface area contributed by atoms with Gasteiger partial charge in [0.25, 0.3) is 0 Å². The minimum atomic E-state index is 0.738. The first-order valence-corrected chi connectivity index (χ1v) is 5.04. The van der Waals surface area contributed by atoms with Crippen molar-refractivity contribution in [1.82, 2.24) is 5.32 Å². The van der Waals surface area contributed by atoms with Crippen LogP contribution >= 0.6 is 15.9 Å². The molecule has 0 spiro atoms. The average Bonchev–Trinajstić information content (AvgIpc) is 2.04. The van der Waals surface area contributed by atoms with E-state index in [1.807, 2.05) is 7.05 Å². The molecule has 0 saturated carbocycles. The Kier molecular flexibility index (Phi) is 2.20. The van der Waals surface area contributed by atoms with Crippen molar-refractivity contribution in [2.75, 3.05) is 13.6 Å². The number of halogens is 1. The van der Waals surface area contributed by atoms with Gasteiger partial charge in [-0.05, 0) is 30.7 Å². The van der Waals surface area contributed by atoms with E-state index >= 15 is 0 Å². The molecule has 1 aromatic carbocycles. The molecule has 0 radical (unpaired) electrons. The van der Waals surface area contributed by atoms with Crippen molar-refractivity contribution in [2.45, 2.75) is 12.3 Å². The van der Waals surface area contributed by atoms with Gasteiger partial charge in [-0.3, -0.25) is 0 Å². The Morgan fingerprint density at radius 2 is 2.42 bits per heavy atom. The fraction of sp³-hybridized carbons (Fsp3) is 0.400. The maximum atomic E-state index is 3.56. The van der Waals surface area contributed by atoms with Gasteiger partial charge in [-0.15, -0.1) is 0 Å². The second kappa shape index (κ2) is 3.19. The number of fused-ring (bicyclic) bond motifs is 1. The fourth-order valence-electron chi connectivity index (χ4n) is 1.83. The molecule has 0 saturated heterocycles. The van der Waals surface area contributed by atoms with Crippen molar-refractivity contribution >= 4 is 15.9 Å². The van der Waals surface area contributed by atoms with Gasteiger partial charge < -0.3 is 5.32 Å². The topological polar surface area (TPSA) is 12.0 Å². The molecule has 64 valence electrons. The van der Waals surface area contributed by atoms with Crippen LogP contribution in [0.15, 0.2) is 22.7 Å². The molecule has 1 nitrogen and oxygen atoms in total. The number of hydrogen-bond acceptors (Lipinski definition) is 1. The van der Waals surface area contributed by atoms with Gasteiger partial charge >= 0.3 is 0 Å². The van der Waals surface area contributed by atoms with Crippen molar-refractivity contribution in [3.8, 4) is 0 Å². The van der Waals surface area contributed by atoms with Crippen molar-refractivity contribution in [3.05, 3.63) is 33.8 Å². The Balaban J connectivity index is 2.24. The summed E-state index contributed by atoms with van der Waals surface area (Å²) >= 11 is 3.56. The minimum absolute atomic E-state index is 0.738. The average molecular weight is 226 g/mol. The summed E-state index contributed by atoms with van der Waals surface area (Å²) < 4.78 is 1.27. The molecule has 2 heteroatoms. The van der Waals surface area contributed by atoms with Gasteiger partial charge in [-0.25, -0.2) is 0 Å². The summed E-state index contributed by atoms with van der Waals surface area (Å²) in [7, 11) is 2.01. The van der Waals surface area contributed by atoms with E-state index < -0.39 is 0 Å². The Morgan fingerprint density at radius 1 is 1.58 bits per heavy atom. The van der Waals surface area contributed by atoms with E-state index in [1.165, 1.54) is 22.0 Å². The summed E-state index contributed by atoms with van der Waals surface area (Å²) in [5.41, 5.74) is 3.01. The van der Waals surface area contributed by atoms with Crippen LogP contribution in [0.2, 0.25) is 0 Å². The third kappa shape index (κ3) is 1.19. The van der Waals surface area contributed by atoms with Crippen LogP contribution in [0, 0.1) is 0 Å². The summed E-state index contributed by atoms with van der Waals surface area (Å²) in [5.74, 6) is 0.738. The summed E-state index contributed by atoms with van der Waals surface area (Å²) in [4.78, 5) is 0. The normalized spacial score (nSPS) is 20.0. The quantitative estimate of drug-likeness (QED) is 0.815. The van der Waals surface area contributed by atoms with Crippen LogP contribution in [-0.4, -0.2) is 13.6 Å². The van der Waals surface area contributed by atoms with Gasteiger partial charge in [0.2, 0.25) is 0 Å². The van der Waals surface area contributed by atoms with Gasteiger partial charge in [-0.1, -0.05) is 28.1 Å². The smallest absolute Gasteiger partial charge is 0.0210 e. The standard InChI is InChI=1S/C10H12BrN/c1-12-6-7-5-9-8(7)3-2-4-10(9)11/h2-4,7,12H,5-6H2,1H3. The molecule has 1 aliphatic rings. The molecule has 2 rings (SSSR count). The van der Waals surface area contributed by atoms with E-state index in [4.69, 9.17) is 0 Å². The molecule has 1 aliphatic carbocycles. The molecule has 0 heterocycles. The molecule has 12 heavy (non-hydrogen) atoms. The summed E-state index contributed by atoms with van der Waals surface area (Å²) in [6.07, 6.45) is 1.22. The molecule has 1 unspecified atom stereocenters. The van der Waals surface area contributed by atoms with E-state index in [-0.39, 0.29) is 0 Å². The van der Waals surface area contributed by atoms with Gasteiger partial charge in [-0.2, -0.15) is 0 Å². The maximum Gasteiger partial charge on any atom is 0.0210 e. The SMILES string of the molecule is CNCC1Cc2c(Br)cccc21. The Hall–Kier alpha value is -0.340. The van der Waals surface area contributed by atoms with Crippen LogP contribution in [0.4, 0.5) is 0 Å². The highest BCUT2D eigenvalue weighted by Gasteiger charge is 2.26. The van der Waals surface area contributed by atoms with E-state index in [9.17, 15) is 0 Å². The minimum Gasteiger partial charge on any atom is -0.319 e. The molecular weight excluding hydrogens is 214 g/mol. The van der Waals surface area contributed by atoms with Crippen molar-refractivity contribution in [3.63, 3.8) is 0 Å². The highest BCUT2D eigenvalue weighted by Crippen LogP contribution is 2.38. The van der Waals surface area contributed by atoms with Crippen LogP contribution < -0.4 is 5.32 Å². The van der Waals surface area contributed by atoms with Gasteiger partial charge in [0.1, 0.15) is 0 Å². The number of nitrogens with one attached hydrogen (secondary N) is 1. The third-order valence-electron chi connectivity index (χ3n) is 2.50. The molecule has 0 bridgehead atoms. The predicted octanol–water partition coefficient (Wildman–Crippen LogP) is 2.31. The van der Waals surface area contributed by atoms with E-state index in [0.29, 0.717) is 0 Å². The lowest BCUT2D eigenvalue weighted by Gasteiger charge is -2.30. The summed E-state index contributed by atoms with van der Waals surface area (Å²) in [5, 5.41) is 3.21. The fourth-order valence-corrected chi connectivity index (χ4v) is 2.37. The van der Waals surface area contributed by atoms with Crippen LogP contribution in [0.1, 0.15) is 17.0 Å². The van der Waals surface area contributed by atoms with Crippen LogP contribution in [0.3, 0.4) is 0 Å². The van der Waals surface area contributed by atoms with Crippen molar-refractivity contribution < 1.29 is 0 Å². The molecule has 0 amide bonds. The van der Waals surface area contributed by atoms with Crippen molar-refractivity contribution in [1.29, 1.82) is 0 Å². The number of rotatable bonds is 2. The number of benzene rings is 1. The van der Waals surface area contributed by atoms with Gasteiger partial charge in [0, 0.05) is 16.9 Å². The zero-order valence-electron chi connectivity index (χ0n) is 7.10. The number of likely N-dealkylation sites (N-methyl/N-ethyl adjacent to an activating group) is 1. The summed E-state index contributed by atoms with van der Waals surface area (Å²) in [6, 6.07) is 6.46. The Bertz CT molecular complexity index is 296. The zero-order valence-corrected chi connectivity index (χ0v) is 8.69. The maximum absolute atomic E-state index is 3.56. The first kappa shape index (κ1) is 8.27. The largest absolute Gasteiger partial charge is 0.319 e.